The van der Waals surface area contributed by atoms with Gasteiger partial charge in [0.25, 0.3) is 0 Å². The molecule has 0 aliphatic heterocycles. The zero-order chi connectivity index (χ0) is 36.4. The van der Waals surface area contributed by atoms with E-state index in [1.165, 1.54) is 32.4 Å². The summed E-state index contributed by atoms with van der Waals surface area (Å²) in [6.07, 6.45) is 4.75. The molecule has 0 fully saturated rings. The normalized spacial score (nSPS) is 12.8. The number of fused-ring (bicyclic) bond motifs is 3. The van der Waals surface area contributed by atoms with E-state index in [0.717, 1.165) is 53.7 Å². The molecule has 3 aromatic carbocycles. The summed E-state index contributed by atoms with van der Waals surface area (Å²) in [7, 11) is 0. The molecule has 0 saturated heterocycles. The van der Waals surface area contributed by atoms with Crippen molar-refractivity contribution >= 4 is 62.8 Å². The molecule has 49 heavy (non-hydrogen) atoms. The van der Waals surface area contributed by atoms with Crippen LogP contribution in [0.2, 0.25) is 34.5 Å². The van der Waals surface area contributed by atoms with Crippen LogP contribution in [0, 0.1) is 37.7 Å². The van der Waals surface area contributed by atoms with Crippen molar-refractivity contribution in [3.63, 3.8) is 0 Å². The van der Waals surface area contributed by atoms with E-state index in [9.17, 15) is 9.90 Å². The molecule has 7 heteroatoms. The summed E-state index contributed by atoms with van der Waals surface area (Å²) in [4.78, 5) is 22.0. The predicted molar refractivity (Wildman–Crippen MR) is 215 cm³/mol. The third-order valence-electron chi connectivity index (χ3n) is 10.8. The molecule has 0 bridgehead atoms. The Hall–Kier alpha value is -1.79. The van der Waals surface area contributed by atoms with Crippen molar-refractivity contribution in [1.82, 2.24) is 9.97 Å². The molecule has 4 nitrogen and oxygen atoms in total. The van der Waals surface area contributed by atoms with Crippen LogP contribution >= 0.6 is 0 Å². The van der Waals surface area contributed by atoms with Crippen molar-refractivity contribution in [3.8, 4) is 11.3 Å². The molecule has 269 valence electrons. The molecular formula is C42H61Ge2IrN2O2-. The van der Waals surface area contributed by atoms with Crippen molar-refractivity contribution in [3.05, 3.63) is 71.3 Å². The molecule has 4 aromatic rings. The topological polar surface area (TPSA) is 63.1 Å². The number of carbonyl (C=O) groups excluding carboxylic acids is 1. The minimum atomic E-state index is -2.04. The van der Waals surface area contributed by atoms with Gasteiger partial charge in [0, 0.05) is 37.0 Å². The van der Waals surface area contributed by atoms with E-state index < -0.39 is 26.5 Å². The van der Waals surface area contributed by atoms with Crippen LogP contribution in [0.5, 0.6) is 0 Å². The van der Waals surface area contributed by atoms with Gasteiger partial charge in [-0.3, -0.25) is 4.79 Å². The SMILES string of the molecule is CCC(C)(CC)C(=O)/C=C(\O)C(C)(CC)CC.Cc1nc(-c2[c-]c[c]([Ge]([CH3])([CH3])[CH3])cc2)c2ccc3cc(C)[c]([Ge]([CH3])([CH3])[CH3])c(C)c3c2n1.[Ir]. The number of aryl methyl sites for hydroxylation is 3. The zero-order valence-corrected chi connectivity index (χ0v) is 39.5. The van der Waals surface area contributed by atoms with Gasteiger partial charge in [0.2, 0.25) is 0 Å². The van der Waals surface area contributed by atoms with Crippen molar-refractivity contribution in [2.75, 3.05) is 0 Å². The average Bonchev–Trinajstić information content (AvgIpc) is 3.02. The summed E-state index contributed by atoms with van der Waals surface area (Å²) in [6.45, 7) is 18.7. The van der Waals surface area contributed by atoms with Crippen molar-refractivity contribution in [1.29, 1.82) is 0 Å². The molecule has 0 unspecified atom stereocenters. The van der Waals surface area contributed by atoms with Gasteiger partial charge in [0.05, 0.1) is 0 Å². The average molecular weight is 963 g/mol. The van der Waals surface area contributed by atoms with E-state index in [1.54, 1.807) is 4.40 Å². The molecule has 0 saturated carbocycles. The molecule has 1 N–H and O–H groups in total. The molecule has 0 aliphatic carbocycles. The number of aromatic nitrogens is 2. The van der Waals surface area contributed by atoms with Crippen molar-refractivity contribution in [2.45, 2.75) is 123 Å². The molecule has 1 radical (unpaired) electrons. The Kier molecular flexibility index (Phi) is 14.8. The fraction of sp³-hybridized carbons (Fsp3) is 0.500. The number of hydrogen-bond donors (Lipinski definition) is 1. The summed E-state index contributed by atoms with van der Waals surface area (Å²) in [5.74, 6) is 15.8. The summed E-state index contributed by atoms with van der Waals surface area (Å²) < 4.78 is 3.07. The van der Waals surface area contributed by atoms with Crippen LogP contribution in [-0.4, -0.2) is 47.4 Å². The molecule has 0 spiro atoms. The summed E-state index contributed by atoms with van der Waals surface area (Å²) >= 11 is -3.90. The minimum absolute atomic E-state index is 0. The minimum Gasteiger partial charge on any atom is 0 e. The number of benzene rings is 3. The molecule has 0 aliphatic rings. The molecule has 4 rings (SSSR count). The van der Waals surface area contributed by atoms with Crippen LogP contribution in [0.3, 0.4) is 0 Å². The number of carbonyl (C=O) groups is 1. The van der Waals surface area contributed by atoms with Crippen LogP contribution < -0.4 is 8.79 Å². The Morgan fingerprint density at radius 2 is 1.41 bits per heavy atom. The van der Waals surface area contributed by atoms with Gasteiger partial charge < -0.3 is 5.11 Å². The fourth-order valence-electron chi connectivity index (χ4n) is 6.64. The first-order valence-corrected chi connectivity index (χ1v) is 32.6. The third kappa shape index (κ3) is 9.56. The van der Waals surface area contributed by atoms with Crippen molar-refractivity contribution < 1.29 is 30.0 Å². The third-order valence-corrected chi connectivity index (χ3v) is 19.9. The van der Waals surface area contributed by atoms with Gasteiger partial charge in [0.15, 0.2) is 5.78 Å². The van der Waals surface area contributed by atoms with E-state index >= 15 is 0 Å². The Bertz CT molecular complexity index is 1810. The van der Waals surface area contributed by atoms with E-state index in [-0.39, 0.29) is 42.5 Å². The van der Waals surface area contributed by atoms with Gasteiger partial charge in [-0.25, -0.2) is 0 Å². The second-order valence-electron chi connectivity index (χ2n) is 16.3. The van der Waals surface area contributed by atoms with Gasteiger partial charge in [0.1, 0.15) is 5.76 Å². The van der Waals surface area contributed by atoms with Crippen LogP contribution in [-0.2, 0) is 24.9 Å². The first-order chi connectivity index (χ1) is 22.2. The zero-order valence-electron chi connectivity index (χ0n) is 33.0. The molecular weight excluding hydrogens is 902 g/mol. The fourth-order valence-corrected chi connectivity index (χ4v) is 14.2. The smallest absolute Gasteiger partial charge is 0 e. The maximum atomic E-state index is 12.2. The van der Waals surface area contributed by atoms with Crippen LogP contribution in [0.15, 0.2) is 48.2 Å². The van der Waals surface area contributed by atoms with Gasteiger partial charge in [-0.15, -0.1) is 0 Å². The molecule has 1 aromatic heterocycles. The first kappa shape index (κ1) is 43.4. The van der Waals surface area contributed by atoms with E-state index in [0.29, 0.717) is 0 Å². The molecule has 0 amide bonds. The Morgan fingerprint density at radius 1 is 0.837 bits per heavy atom. The number of rotatable bonds is 10. The number of hydrogen-bond acceptors (Lipinski definition) is 4. The van der Waals surface area contributed by atoms with Crippen LogP contribution in [0.1, 0.15) is 84.2 Å². The molecule has 0 atom stereocenters. The second-order valence-corrected chi connectivity index (χ2v) is 37.4. The number of aliphatic hydroxyl groups excluding tert-OH is 1. The number of allylic oxidation sites excluding steroid dienone is 2. The van der Waals surface area contributed by atoms with Gasteiger partial charge in [-0.1, -0.05) is 41.5 Å². The second kappa shape index (κ2) is 16.7. The standard InChI is InChI=1S/C27H33Ge2N2.C15H28O2.Ir/c1-17-16-21-12-15-23-26(20-10-13-22(14-11-20)28(4,5)6)30-19(3)31-27(23)24(21)18(2)25(17)29(7,8)9;1-7-14(5,8-2)12(16)11-13(17)15(6,9-3)10-4;/h10,12-16H,1-9H3;11,16H,7-10H2,1-6H3;/q-1;;/b;12-11-;. The number of aliphatic hydroxyl groups is 1. The van der Waals surface area contributed by atoms with Gasteiger partial charge in [-0.05, 0) is 25.7 Å². The monoisotopic (exact) mass is 966 g/mol. The Labute approximate surface area is 316 Å². The summed E-state index contributed by atoms with van der Waals surface area (Å²) in [5.41, 5.74) is 5.38. The van der Waals surface area contributed by atoms with E-state index in [4.69, 9.17) is 9.97 Å². The number of ketones is 1. The number of nitrogens with zero attached hydrogens (tertiary/aromatic N) is 2. The van der Waals surface area contributed by atoms with Gasteiger partial charge in [-0.2, -0.15) is 0 Å². The first-order valence-electron chi connectivity index (χ1n) is 17.9. The summed E-state index contributed by atoms with van der Waals surface area (Å²) in [6, 6.07) is 17.0. The van der Waals surface area contributed by atoms with Gasteiger partial charge >= 0.3 is 193 Å². The maximum Gasteiger partial charge on any atom is 0 e. The van der Waals surface area contributed by atoms with Crippen LogP contribution in [0.4, 0.5) is 0 Å². The van der Waals surface area contributed by atoms with Crippen molar-refractivity contribution in [2.24, 2.45) is 10.8 Å². The maximum absolute atomic E-state index is 12.2. The largest absolute Gasteiger partial charge is 0 e. The van der Waals surface area contributed by atoms with Crippen LogP contribution in [0.25, 0.3) is 32.9 Å². The Morgan fingerprint density at radius 3 is 1.88 bits per heavy atom. The predicted octanol–water partition coefficient (Wildman–Crippen LogP) is 10.9. The molecule has 1 heterocycles. The Balaban J connectivity index is 0.000000398. The quantitative estimate of drug-likeness (QED) is 0.0566. The van der Waals surface area contributed by atoms with E-state index in [1.807, 2.05) is 48.5 Å². The van der Waals surface area contributed by atoms with E-state index in [2.05, 4.69) is 90.8 Å². The summed E-state index contributed by atoms with van der Waals surface area (Å²) in [5, 5.41) is 13.8.